The molecular weight excluding hydrogens is 620 g/mol. The van der Waals surface area contributed by atoms with Gasteiger partial charge in [-0.2, -0.15) is 15.1 Å². The number of nitrogens with one attached hydrogen (secondary N) is 1. The zero-order chi connectivity index (χ0) is 33.4. The molecule has 0 radical (unpaired) electrons. The number of hydrogen-bond acceptors (Lipinski definition) is 12. The minimum absolute atomic E-state index is 0.107. The van der Waals surface area contributed by atoms with Gasteiger partial charge in [-0.05, 0) is 32.2 Å². The third kappa shape index (κ3) is 6.35. The van der Waals surface area contributed by atoms with Crippen molar-refractivity contribution in [2.75, 3.05) is 31.3 Å². The smallest absolute Gasteiger partial charge is 0.459 e. The van der Waals surface area contributed by atoms with Crippen LogP contribution in [-0.4, -0.2) is 81.3 Å². The lowest BCUT2D eigenvalue weighted by Gasteiger charge is -2.25. The zero-order valence-electron chi connectivity index (χ0n) is 25.8. The average molecular weight is 656 g/mol. The largest absolute Gasteiger partial charge is 0.462 e. The van der Waals surface area contributed by atoms with E-state index in [1.165, 1.54) is 17.8 Å². The number of aromatic nitrogens is 4. The standard InChI is InChI=1S/C30H35FN7O7P/c1-7-30(31)24(39)22(44-28(30)38-16-33-23-25(37(5)6)34-29(32)35-26(23)38)15-42-46(41,36-18(4)27(40)43-17(2)3)45-21-14-10-12-19-11-8-9-13-20(19)21/h1,8-14,16-18,22,24,28,39H,15H2,2-6H3,(H,36,41)(H2,32,34,35)/t18-,22-,24-,28-,30-,46-/m1/s1. The summed E-state index contributed by atoms with van der Waals surface area (Å²) in [6.45, 7) is 4.10. The fourth-order valence-corrected chi connectivity index (χ4v) is 6.52. The van der Waals surface area contributed by atoms with E-state index in [1.54, 1.807) is 57.1 Å². The SMILES string of the molecule is C#C[C@@]1(F)[C@H](O)[C@@H](CO[P@](=O)(N[C@H](C)C(=O)OC(C)C)Oc2cccc3ccccc23)O[C@H]1n1cnc2c(N(C)C)nc(N)nc21. The van der Waals surface area contributed by atoms with Gasteiger partial charge >= 0.3 is 13.7 Å². The van der Waals surface area contributed by atoms with E-state index in [9.17, 15) is 14.5 Å². The summed E-state index contributed by atoms with van der Waals surface area (Å²) in [7, 11) is -1.00. The lowest BCUT2D eigenvalue weighted by molar-refractivity contribution is -0.149. The van der Waals surface area contributed by atoms with E-state index in [0.29, 0.717) is 11.2 Å². The summed E-state index contributed by atoms with van der Waals surface area (Å²) in [5, 5.41) is 15.1. The first-order chi connectivity index (χ1) is 21.8. The molecule has 16 heteroatoms. The van der Waals surface area contributed by atoms with E-state index in [-0.39, 0.29) is 22.9 Å². The van der Waals surface area contributed by atoms with Gasteiger partial charge in [0.1, 0.15) is 24.0 Å². The van der Waals surface area contributed by atoms with Crippen LogP contribution in [0.5, 0.6) is 5.75 Å². The van der Waals surface area contributed by atoms with Crippen molar-refractivity contribution in [3.05, 3.63) is 48.8 Å². The highest BCUT2D eigenvalue weighted by molar-refractivity contribution is 7.52. The number of nitrogens with zero attached hydrogens (tertiary/aromatic N) is 5. The first-order valence-electron chi connectivity index (χ1n) is 14.3. The molecule has 0 bridgehead atoms. The van der Waals surface area contributed by atoms with Crippen molar-refractivity contribution in [2.24, 2.45) is 0 Å². The molecule has 1 saturated heterocycles. The number of rotatable bonds is 11. The van der Waals surface area contributed by atoms with Gasteiger partial charge in [0.15, 0.2) is 23.2 Å². The van der Waals surface area contributed by atoms with Crippen LogP contribution < -0.4 is 20.2 Å². The molecule has 4 aromatic rings. The first kappa shape index (κ1) is 33.1. The molecule has 4 N–H and O–H groups in total. The van der Waals surface area contributed by atoms with Gasteiger partial charge in [0.05, 0.1) is 19.0 Å². The van der Waals surface area contributed by atoms with E-state index >= 15 is 4.39 Å². The van der Waals surface area contributed by atoms with Crippen LogP contribution in [-0.2, 0) is 23.4 Å². The molecule has 5 rings (SSSR count). The van der Waals surface area contributed by atoms with Crippen LogP contribution in [0, 0.1) is 12.3 Å². The van der Waals surface area contributed by atoms with Gasteiger partial charge in [0.2, 0.25) is 11.6 Å². The minimum Gasteiger partial charge on any atom is -0.462 e. The Morgan fingerprint density at radius 2 is 1.98 bits per heavy atom. The molecule has 0 aliphatic carbocycles. The lowest BCUT2D eigenvalue weighted by Crippen LogP contribution is -2.42. The number of carbonyl (C=O) groups is 1. The number of nitrogen functional groups attached to an aromatic ring is 1. The number of aliphatic hydroxyl groups is 1. The van der Waals surface area contributed by atoms with Crippen molar-refractivity contribution in [1.29, 1.82) is 0 Å². The summed E-state index contributed by atoms with van der Waals surface area (Å²) in [6, 6.07) is 11.2. The molecule has 46 heavy (non-hydrogen) atoms. The number of carbonyl (C=O) groups excluding carboxylic acids is 1. The Kier molecular flexibility index (Phi) is 9.21. The number of esters is 1. The van der Waals surface area contributed by atoms with E-state index in [0.717, 1.165) is 5.39 Å². The molecule has 0 unspecified atom stereocenters. The average Bonchev–Trinajstić information content (AvgIpc) is 3.53. The van der Waals surface area contributed by atoms with E-state index in [4.69, 9.17) is 30.7 Å². The molecule has 1 aliphatic heterocycles. The van der Waals surface area contributed by atoms with E-state index in [1.807, 2.05) is 24.1 Å². The summed E-state index contributed by atoms with van der Waals surface area (Å²) in [6.07, 6.45) is 1.35. The maximum Gasteiger partial charge on any atom is 0.459 e. The van der Waals surface area contributed by atoms with Crippen LogP contribution >= 0.6 is 7.75 Å². The highest BCUT2D eigenvalue weighted by Gasteiger charge is 2.58. The maximum atomic E-state index is 16.4. The summed E-state index contributed by atoms with van der Waals surface area (Å²) in [5.41, 5.74) is 3.50. The van der Waals surface area contributed by atoms with Crippen LogP contribution in [0.1, 0.15) is 27.0 Å². The van der Waals surface area contributed by atoms with Crippen molar-refractivity contribution < 1.29 is 37.4 Å². The number of imidazole rings is 1. The Morgan fingerprint density at radius 3 is 2.67 bits per heavy atom. The number of terminal acetylenes is 1. The van der Waals surface area contributed by atoms with Crippen molar-refractivity contribution in [2.45, 2.75) is 57.0 Å². The highest BCUT2D eigenvalue weighted by atomic mass is 31.2. The first-order valence-corrected chi connectivity index (χ1v) is 15.9. The zero-order valence-corrected chi connectivity index (χ0v) is 26.7. The monoisotopic (exact) mass is 655 g/mol. The Hall–Kier alpha value is -4.32. The lowest BCUT2D eigenvalue weighted by atomic mass is 9.97. The minimum atomic E-state index is -4.45. The third-order valence-corrected chi connectivity index (χ3v) is 8.83. The summed E-state index contributed by atoms with van der Waals surface area (Å²) < 4.78 is 54.7. The Labute approximate surface area is 264 Å². The second-order valence-corrected chi connectivity index (χ2v) is 12.9. The Balaban J connectivity index is 1.45. The molecular formula is C30H35FN7O7P. The van der Waals surface area contributed by atoms with Crippen molar-refractivity contribution >= 4 is 47.4 Å². The van der Waals surface area contributed by atoms with Gasteiger partial charge in [0, 0.05) is 19.5 Å². The van der Waals surface area contributed by atoms with Crippen molar-refractivity contribution in [1.82, 2.24) is 24.6 Å². The maximum absolute atomic E-state index is 16.4. The number of alkyl halides is 1. The normalized spacial score (nSPS) is 23.2. The number of nitrogens with two attached hydrogens (primary N) is 1. The predicted molar refractivity (Wildman–Crippen MR) is 169 cm³/mol. The molecule has 6 atom stereocenters. The van der Waals surface area contributed by atoms with Gasteiger partial charge < -0.3 is 29.7 Å². The predicted octanol–water partition coefficient (Wildman–Crippen LogP) is 3.36. The van der Waals surface area contributed by atoms with Gasteiger partial charge in [-0.3, -0.25) is 13.9 Å². The second kappa shape index (κ2) is 12.8. The highest BCUT2D eigenvalue weighted by Crippen LogP contribution is 2.49. The molecule has 1 aliphatic rings. The second-order valence-electron chi connectivity index (χ2n) is 11.2. The van der Waals surface area contributed by atoms with Crippen LogP contribution in [0.3, 0.4) is 0 Å². The Bertz CT molecular complexity index is 1840. The summed E-state index contributed by atoms with van der Waals surface area (Å²) >= 11 is 0. The fraction of sp³-hybridized carbons (Fsp3) is 0.400. The van der Waals surface area contributed by atoms with Crippen LogP contribution in [0.15, 0.2) is 48.8 Å². The number of anilines is 2. The van der Waals surface area contributed by atoms with Gasteiger partial charge in [-0.1, -0.05) is 42.3 Å². The molecule has 1 fully saturated rings. The van der Waals surface area contributed by atoms with Gasteiger partial charge in [-0.15, -0.1) is 6.42 Å². The molecule has 0 saturated carbocycles. The van der Waals surface area contributed by atoms with Crippen LogP contribution in [0.2, 0.25) is 0 Å². The molecule has 2 aromatic carbocycles. The molecule has 0 amide bonds. The summed E-state index contributed by atoms with van der Waals surface area (Å²) in [5.74, 6) is 1.73. The van der Waals surface area contributed by atoms with Crippen molar-refractivity contribution in [3.8, 4) is 18.1 Å². The van der Waals surface area contributed by atoms with Gasteiger partial charge in [-0.25, -0.2) is 13.9 Å². The molecule has 0 spiro atoms. The topological polar surface area (TPSA) is 176 Å². The molecule has 3 heterocycles. The van der Waals surface area contributed by atoms with E-state index < -0.39 is 56.6 Å². The quantitative estimate of drug-likeness (QED) is 0.122. The number of aliphatic hydroxyl groups excluding tert-OH is 1. The van der Waals surface area contributed by atoms with Crippen LogP contribution in [0.4, 0.5) is 16.2 Å². The number of fused-ring (bicyclic) bond motifs is 2. The summed E-state index contributed by atoms with van der Waals surface area (Å²) in [4.78, 5) is 26.9. The fourth-order valence-electron chi connectivity index (χ4n) is 5.00. The Morgan fingerprint density at radius 1 is 1.26 bits per heavy atom. The number of ether oxygens (including phenoxy) is 2. The number of halogens is 1. The van der Waals surface area contributed by atoms with Crippen molar-refractivity contribution in [3.63, 3.8) is 0 Å². The van der Waals surface area contributed by atoms with E-state index in [2.05, 4.69) is 20.0 Å². The number of hydrogen-bond donors (Lipinski definition) is 3. The molecule has 244 valence electrons. The molecule has 14 nitrogen and oxygen atoms in total. The van der Waals surface area contributed by atoms with Gasteiger partial charge in [0.25, 0.3) is 0 Å². The van der Waals surface area contributed by atoms with Crippen LogP contribution in [0.25, 0.3) is 21.9 Å². The number of benzene rings is 2. The molecule has 2 aromatic heterocycles. The third-order valence-electron chi connectivity index (χ3n) is 7.20.